The third-order valence-corrected chi connectivity index (χ3v) is 5.06. The Morgan fingerprint density at radius 2 is 2.14 bits per heavy atom. The highest BCUT2D eigenvalue weighted by Crippen LogP contribution is 2.35. The first-order valence-corrected chi connectivity index (χ1v) is 8.80. The largest absolute Gasteiger partial charge is 0.383 e. The molecule has 1 heterocycles. The first-order valence-electron chi connectivity index (χ1n) is 8.80. The van der Waals surface area contributed by atoms with E-state index in [2.05, 4.69) is 24.1 Å². The Kier molecular flexibility index (Phi) is 7.44. The van der Waals surface area contributed by atoms with Gasteiger partial charge in [0, 0.05) is 44.8 Å². The molecule has 1 saturated carbocycles. The van der Waals surface area contributed by atoms with Gasteiger partial charge in [-0.25, -0.2) is 0 Å². The normalized spacial score (nSPS) is 28.0. The molecular weight excluding hydrogens is 264 g/mol. The van der Waals surface area contributed by atoms with Crippen molar-refractivity contribution in [3.05, 3.63) is 0 Å². The van der Waals surface area contributed by atoms with E-state index in [1.165, 1.54) is 19.3 Å². The van der Waals surface area contributed by atoms with Crippen molar-refractivity contribution in [2.75, 3.05) is 46.6 Å². The van der Waals surface area contributed by atoms with E-state index in [-0.39, 0.29) is 0 Å². The van der Waals surface area contributed by atoms with E-state index in [1.54, 1.807) is 7.11 Å². The zero-order valence-corrected chi connectivity index (χ0v) is 14.1. The van der Waals surface area contributed by atoms with Crippen LogP contribution in [0, 0.1) is 11.8 Å². The van der Waals surface area contributed by atoms with Crippen molar-refractivity contribution in [3.63, 3.8) is 0 Å². The number of methoxy groups -OCH3 is 1. The van der Waals surface area contributed by atoms with E-state index in [0.29, 0.717) is 18.0 Å². The minimum Gasteiger partial charge on any atom is -0.383 e. The Bertz CT molecular complexity index is 284. The molecule has 2 rings (SSSR count). The van der Waals surface area contributed by atoms with E-state index >= 15 is 0 Å². The fraction of sp³-hybridized carbons (Fsp3) is 1.00. The molecule has 0 aromatic heterocycles. The van der Waals surface area contributed by atoms with Gasteiger partial charge in [0.25, 0.3) is 0 Å². The highest BCUT2D eigenvalue weighted by atomic mass is 16.5. The third-order valence-electron chi connectivity index (χ3n) is 5.06. The van der Waals surface area contributed by atoms with Crippen LogP contribution in [0.2, 0.25) is 0 Å². The summed E-state index contributed by atoms with van der Waals surface area (Å²) >= 11 is 0. The summed E-state index contributed by atoms with van der Waals surface area (Å²) in [5.74, 6) is 1.52. The summed E-state index contributed by atoms with van der Waals surface area (Å²) in [5.41, 5.74) is 0. The number of hydrogen-bond acceptors (Lipinski definition) is 4. The highest BCUT2D eigenvalue weighted by molar-refractivity contribution is 4.89. The molecule has 124 valence electrons. The lowest BCUT2D eigenvalue weighted by Crippen LogP contribution is -2.50. The maximum atomic E-state index is 5.76. The Balaban J connectivity index is 1.88. The first-order chi connectivity index (χ1) is 10.3. The monoisotopic (exact) mass is 298 g/mol. The molecule has 1 aliphatic heterocycles. The summed E-state index contributed by atoms with van der Waals surface area (Å²) in [6.07, 6.45) is 5.17. The molecule has 0 amide bonds. The molecule has 3 atom stereocenters. The van der Waals surface area contributed by atoms with E-state index in [9.17, 15) is 0 Å². The van der Waals surface area contributed by atoms with Gasteiger partial charge in [-0.05, 0) is 45.1 Å². The minimum absolute atomic E-state index is 0.614. The van der Waals surface area contributed by atoms with E-state index in [1.807, 2.05) is 0 Å². The van der Waals surface area contributed by atoms with Crippen LogP contribution in [0.15, 0.2) is 0 Å². The Morgan fingerprint density at radius 3 is 2.81 bits per heavy atom. The van der Waals surface area contributed by atoms with Gasteiger partial charge in [-0.2, -0.15) is 0 Å². The maximum absolute atomic E-state index is 5.76. The van der Waals surface area contributed by atoms with Gasteiger partial charge in [-0.1, -0.05) is 6.92 Å². The van der Waals surface area contributed by atoms with Gasteiger partial charge in [0.1, 0.15) is 0 Å². The first kappa shape index (κ1) is 17.2. The average molecular weight is 298 g/mol. The molecule has 1 saturated heterocycles. The van der Waals surface area contributed by atoms with Gasteiger partial charge in [-0.3, -0.25) is 4.90 Å². The zero-order valence-electron chi connectivity index (χ0n) is 14.1. The van der Waals surface area contributed by atoms with Crippen LogP contribution in [0.25, 0.3) is 0 Å². The Hall–Kier alpha value is -0.160. The minimum atomic E-state index is 0.614. The smallest absolute Gasteiger partial charge is 0.0589 e. The van der Waals surface area contributed by atoms with Crippen molar-refractivity contribution in [1.29, 1.82) is 0 Å². The molecule has 4 heteroatoms. The SMILES string of the molecule is CCCNC1CCOCC1CN(CCOC)C(C)C1CC1. The van der Waals surface area contributed by atoms with Crippen LogP contribution < -0.4 is 5.32 Å². The van der Waals surface area contributed by atoms with Crippen molar-refractivity contribution >= 4 is 0 Å². The van der Waals surface area contributed by atoms with Gasteiger partial charge in [0.05, 0.1) is 13.2 Å². The standard InChI is InChI=1S/C17H34N2O2/c1-4-8-18-17-7-10-21-13-16(17)12-19(9-11-20-3)14(2)15-5-6-15/h14-18H,4-13H2,1-3H3. The summed E-state index contributed by atoms with van der Waals surface area (Å²) in [5, 5.41) is 3.73. The van der Waals surface area contributed by atoms with Crippen molar-refractivity contribution in [3.8, 4) is 0 Å². The molecule has 4 nitrogen and oxygen atoms in total. The van der Waals surface area contributed by atoms with E-state index in [4.69, 9.17) is 9.47 Å². The van der Waals surface area contributed by atoms with Gasteiger partial charge in [-0.15, -0.1) is 0 Å². The number of nitrogens with zero attached hydrogens (tertiary/aromatic N) is 1. The van der Waals surface area contributed by atoms with Crippen molar-refractivity contribution in [2.24, 2.45) is 11.8 Å². The van der Waals surface area contributed by atoms with Crippen LogP contribution in [0.3, 0.4) is 0 Å². The Morgan fingerprint density at radius 1 is 1.33 bits per heavy atom. The third kappa shape index (κ3) is 5.51. The second-order valence-corrected chi connectivity index (χ2v) is 6.75. The molecule has 0 spiro atoms. The summed E-state index contributed by atoms with van der Waals surface area (Å²) in [7, 11) is 1.80. The molecule has 0 aromatic rings. The topological polar surface area (TPSA) is 33.7 Å². The number of hydrogen-bond donors (Lipinski definition) is 1. The second kappa shape index (κ2) is 9.09. The van der Waals surface area contributed by atoms with Crippen molar-refractivity contribution < 1.29 is 9.47 Å². The molecule has 0 bridgehead atoms. The van der Waals surface area contributed by atoms with Crippen LogP contribution in [-0.2, 0) is 9.47 Å². The van der Waals surface area contributed by atoms with Gasteiger partial charge in [0.15, 0.2) is 0 Å². The lowest BCUT2D eigenvalue weighted by Gasteiger charge is -2.38. The van der Waals surface area contributed by atoms with Crippen LogP contribution in [-0.4, -0.2) is 63.5 Å². The lowest BCUT2D eigenvalue weighted by molar-refractivity contribution is 0.00488. The van der Waals surface area contributed by atoms with Crippen LogP contribution in [0.4, 0.5) is 0 Å². The van der Waals surface area contributed by atoms with Gasteiger partial charge < -0.3 is 14.8 Å². The van der Waals surface area contributed by atoms with Gasteiger partial charge >= 0.3 is 0 Å². The van der Waals surface area contributed by atoms with E-state index < -0.39 is 0 Å². The molecule has 0 radical (unpaired) electrons. The molecule has 1 N–H and O–H groups in total. The van der Waals surface area contributed by atoms with Crippen LogP contribution in [0.5, 0.6) is 0 Å². The highest BCUT2D eigenvalue weighted by Gasteiger charge is 2.34. The van der Waals surface area contributed by atoms with Crippen LogP contribution >= 0.6 is 0 Å². The summed E-state index contributed by atoms with van der Waals surface area (Å²) in [4.78, 5) is 2.64. The summed E-state index contributed by atoms with van der Waals surface area (Å²) in [6, 6.07) is 1.31. The lowest BCUT2D eigenvalue weighted by atomic mass is 9.94. The second-order valence-electron chi connectivity index (χ2n) is 6.75. The molecule has 21 heavy (non-hydrogen) atoms. The number of nitrogens with one attached hydrogen (secondary N) is 1. The zero-order chi connectivity index (χ0) is 15.1. The molecule has 0 aromatic carbocycles. The van der Waals surface area contributed by atoms with Crippen molar-refractivity contribution in [1.82, 2.24) is 10.2 Å². The van der Waals surface area contributed by atoms with Gasteiger partial charge in [0.2, 0.25) is 0 Å². The Labute approximate surface area is 130 Å². The predicted octanol–water partition coefficient (Wildman–Crippen LogP) is 2.14. The molecule has 3 unspecified atom stereocenters. The van der Waals surface area contributed by atoms with Crippen LogP contribution in [0.1, 0.15) is 39.5 Å². The maximum Gasteiger partial charge on any atom is 0.0589 e. The number of ether oxygens (including phenoxy) is 2. The fourth-order valence-corrected chi connectivity index (χ4v) is 3.42. The average Bonchev–Trinajstić information content (AvgIpc) is 3.34. The van der Waals surface area contributed by atoms with Crippen molar-refractivity contribution in [2.45, 2.75) is 51.6 Å². The fourth-order valence-electron chi connectivity index (χ4n) is 3.42. The molecular formula is C17H34N2O2. The molecule has 2 aliphatic rings. The summed E-state index contributed by atoms with van der Waals surface area (Å²) in [6.45, 7) is 10.6. The van der Waals surface area contributed by atoms with E-state index in [0.717, 1.165) is 51.8 Å². The predicted molar refractivity (Wildman–Crippen MR) is 86.6 cm³/mol. The molecule has 1 aliphatic carbocycles. The number of rotatable bonds is 10. The quantitative estimate of drug-likeness (QED) is 0.670. The molecule has 2 fully saturated rings. The summed E-state index contributed by atoms with van der Waals surface area (Å²) < 4.78 is 11.1.